The number of hydrogen-bond acceptors (Lipinski definition) is 10. The lowest BCUT2D eigenvalue weighted by Crippen LogP contribution is -2.60. The first-order valence-electron chi connectivity index (χ1n) is 28.6. The average molecular weight is 955 g/mol. The molecule has 1 saturated heterocycles. The average Bonchev–Trinajstić information content (AvgIpc) is 3.31. The van der Waals surface area contributed by atoms with E-state index in [9.17, 15) is 34.8 Å². The van der Waals surface area contributed by atoms with Gasteiger partial charge in [0.25, 0.3) is 0 Å². The molecule has 6 atom stereocenters. The van der Waals surface area contributed by atoms with E-state index in [4.69, 9.17) is 18.9 Å². The first-order chi connectivity index (χ1) is 32.7. The summed E-state index contributed by atoms with van der Waals surface area (Å²) in [6.45, 7) is 3.89. The summed E-state index contributed by atoms with van der Waals surface area (Å²) in [5, 5.41) is 40.0. The molecule has 0 radical (unpaired) electrons. The number of rotatable bonds is 50. The van der Waals surface area contributed by atoms with Crippen molar-refractivity contribution in [1.29, 1.82) is 0 Å². The summed E-state index contributed by atoms with van der Waals surface area (Å²) in [5.41, 5.74) is 0. The highest BCUT2D eigenvalue weighted by Crippen LogP contribution is 2.24. The zero-order chi connectivity index (χ0) is 48.8. The predicted octanol–water partition coefficient (Wildman–Crippen LogP) is 14.2. The number of hydrogen-bond donors (Lipinski definition) is 4. The van der Waals surface area contributed by atoms with Crippen LogP contribution < -0.4 is 0 Å². The number of ether oxygens (including phenoxy) is 4. The first-order valence-corrected chi connectivity index (χ1v) is 28.6. The Labute approximate surface area is 410 Å². The van der Waals surface area contributed by atoms with Gasteiger partial charge in [-0.15, -0.1) is 0 Å². The fourth-order valence-corrected chi connectivity index (χ4v) is 9.24. The fourth-order valence-electron chi connectivity index (χ4n) is 9.24. The van der Waals surface area contributed by atoms with Crippen molar-refractivity contribution < 1.29 is 53.8 Å². The molecule has 0 aliphatic carbocycles. The summed E-state index contributed by atoms with van der Waals surface area (Å²) in [4.78, 5) is 37.1. The second-order valence-electron chi connectivity index (χ2n) is 20.2. The van der Waals surface area contributed by atoms with Gasteiger partial charge in [-0.2, -0.15) is 0 Å². The van der Waals surface area contributed by atoms with Crippen LogP contribution in [0, 0.1) is 0 Å². The van der Waals surface area contributed by atoms with Gasteiger partial charge in [-0.05, 0) is 12.8 Å². The molecule has 0 aromatic rings. The Morgan fingerprint density at radius 2 is 0.701 bits per heavy atom. The Morgan fingerprint density at radius 3 is 1.01 bits per heavy atom. The fraction of sp³-hybridized carbons (Fsp3) is 0.946. The smallest absolute Gasteiger partial charge is 0.335 e. The summed E-state index contributed by atoms with van der Waals surface area (Å²) in [5.74, 6) is -2.41. The number of aliphatic hydroxyl groups is 3. The lowest BCUT2D eigenvalue weighted by Gasteiger charge is -2.38. The Bertz CT molecular complexity index is 1120. The number of carboxylic acid groups (broad SMARTS) is 1. The number of aliphatic carboxylic acids is 1. The van der Waals surface area contributed by atoms with Crippen molar-refractivity contribution in [2.24, 2.45) is 0 Å². The third-order valence-electron chi connectivity index (χ3n) is 13.7. The van der Waals surface area contributed by atoms with Crippen molar-refractivity contribution in [2.75, 3.05) is 13.2 Å². The van der Waals surface area contributed by atoms with E-state index >= 15 is 0 Å². The van der Waals surface area contributed by atoms with Gasteiger partial charge in [-0.25, -0.2) is 4.79 Å². The maximum Gasteiger partial charge on any atom is 0.335 e. The Balaban J connectivity index is 2.21. The molecular weight excluding hydrogens is 849 g/mol. The van der Waals surface area contributed by atoms with Crippen molar-refractivity contribution in [2.45, 2.75) is 327 Å². The molecule has 1 aliphatic heterocycles. The highest BCUT2D eigenvalue weighted by atomic mass is 16.7. The van der Waals surface area contributed by atoms with Gasteiger partial charge in [0, 0.05) is 12.8 Å². The predicted molar refractivity (Wildman–Crippen MR) is 271 cm³/mol. The SMILES string of the molecule is CCCCCCCCCCCCCCCCCCCCCCCCCC(=O)OCC(COC1OC(C(=O)O)C(O)C(O)C1O)OC(=O)CCCCCCCCCCCCCCCCCCCC. The van der Waals surface area contributed by atoms with Crippen molar-refractivity contribution in [1.82, 2.24) is 0 Å². The van der Waals surface area contributed by atoms with E-state index in [1.807, 2.05) is 0 Å². The summed E-state index contributed by atoms with van der Waals surface area (Å²) in [6.07, 6.45) is 43.0. The molecule has 1 aliphatic rings. The molecule has 0 amide bonds. The molecule has 6 unspecified atom stereocenters. The molecule has 396 valence electrons. The minimum atomic E-state index is -1.86. The van der Waals surface area contributed by atoms with Gasteiger partial charge in [0.2, 0.25) is 0 Å². The second kappa shape index (κ2) is 46.6. The van der Waals surface area contributed by atoms with Crippen LogP contribution >= 0.6 is 0 Å². The molecule has 0 aromatic carbocycles. The number of carbonyl (C=O) groups is 3. The molecule has 1 rings (SSSR count). The monoisotopic (exact) mass is 955 g/mol. The van der Waals surface area contributed by atoms with Crippen molar-refractivity contribution in [3.63, 3.8) is 0 Å². The van der Waals surface area contributed by atoms with Crippen LogP contribution in [-0.2, 0) is 33.3 Å². The lowest BCUT2D eigenvalue weighted by atomic mass is 9.99. The van der Waals surface area contributed by atoms with Crippen molar-refractivity contribution >= 4 is 17.9 Å². The van der Waals surface area contributed by atoms with Gasteiger partial charge in [-0.3, -0.25) is 9.59 Å². The zero-order valence-corrected chi connectivity index (χ0v) is 43.4. The van der Waals surface area contributed by atoms with Gasteiger partial charge in [0.15, 0.2) is 18.5 Å². The summed E-state index contributed by atoms with van der Waals surface area (Å²) in [7, 11) is 0. The van der Waals surface area contributed by atoms with Crippen LogP contribution in [0.4, 0.5) is 0 Å². The normalized spacial score (nSPS) is 18.9. The third-order valence-corrected chi connectivity index (χ3v) is 13.7. The molecule has 1 fully saturated rings. The molecule has 11 nitrogen and oxygen atoms in total. The van der Waals surface area contributed by atoms with Gasteiger partial charge in [0.05, 0.1) is 6.61 Å². The third kappa shape index (κ3) is 37.7. The topological polar surface area (TPSA) is 169 Å². The maximum atomic E-state index is 12.9. The number of carboxylic acids is 1. The van der Waals surface area contributed by atoms with Crippen molar-refractivity contribution in [3.8, 4) is 0 Å². The first kappa shape index (κ1) is 63.2. The summed E-state index contributed by atoms with van der Waals surface area (Å²) < 4.78 is 21.9. The maximum absolute atomic E-state index is 12.9. The quantitative estimate of drug-likeness (QED) is 0.0338. The number of carbonyl (C=O) groups excluding carboxylic acids is 2. The van der Waals surface area contributed by atoms with Crippen LogP contribution in [0.5, 0.6) is 0 Å². The highest BCUT2D eigenvalue weighted by molar-refractivity contribution is 5.73. The van der Waals surface area contributed by atoms with E-state index in [2.05, 4.69) is 13.8 Å². The molecule has 67 heavy (non-hydrogen) atoms. The highest BCUT2D eigenvalue weighted by Gasteiger charge is 2.47. The molecule has 0 spiro atoms. The Morgan fingerprint density at radius 1 is 0.403 bits per heavy atom. The second-order valence-corrected chi connectivity index (χ2v) is 20.2. The molecule has 1 heterocycles. The van der Waals surface area contributed by atoms with Crippen LogP contribution in [0.15, 0.2) is 0 Å². The lowest BCUT2D eigenvalue weighted by molar-refractivity contribution is -0.298. The molecule has 0 bridgehead atoms. The van der Waals surface area contributed by atoms with E-state index in [-0.39, 0.29) is 26.1 Å². The van der Waals surface area contributed by atoms with Crippen LogP contribution in [0.25, 0.3) is 0 Å². The Kier molecular flexibility index (Phi) is 44.0. The zero-order valence-electron chi connectivity index (χ0n) is 43.4. The van der Waals surface area contributed by atoms with Crippen molar-refractivity contribution in [3.05, 3.63) is 0 Å². The molecule has 0 aromatic heterocycles. The standard InChI is InChI=1S/C56H106O11/c1-3-5-7-9-11-13-15-17-19-21-23-24-25-26-27-29-30-32-34-36-38-40-42-44-49(57)64-46-48(47-65-56-53(61)51(59)52(60)54(67-56)55(62)63)66-50(58)45-43-41-39-37-35-33-31-28-22-20-18-16-14-12-10-8-6-4-2/h48,51-54,56,59-61H,3-47H2,1-2H3,(H,62,63). The van der Waals surface area contributed by atoms with Crippen LogP contribution in [0.2, 0.25) is 0 Å². The van der Waals surface area contributed by atoms with Gasteiger partial charge < -0.3 is 39.4 Å². The van der Waals surface area contributed by atoms with E-state index in [1.54, 1.807) is 0 Å². The van der Waals surface area contributed by atoms with Crippen LogP contribution in [0.1, 0.15) is 290 Å². The number of esters is 2. The van der Waals surface area contributed by atoms with E-state index in [0.29, 0.717) is 12.8 Å². The van der Waals surface area contributed by atoms with E-state index in [0.717, 1.165) is 38.5 Å². The van der Waals surface area contributed by atoms with Gasteiger partial charge in [0.1, 0.15) is 24.9 Å². The largest absolute Gasteiger partial charge is 0.479 e. The number of unbranched alkanes of at least 4 members (excludes halogenated alkanes) is 39. The minimum Gasteiger partial charge on any atom is -0.479 e. The summed E-state index contributed by atoms with van der Waals surface area (Å²) >= 11 is 0. The molecule has 0 saturated carbocycles. The van der Waals surface area contributed by atoms with E-state index < -0.39 is 54.7 Å². The minimum absolute atomic E-state index is 0.192. The molecule has 4 N–H and O–H groups in total. The number of aliphatic hydroxyl groups excluding tert-OH is 3. The van der Waals surface area contributed by atoms with E-state index in [1.165, 1.54) is 212 Å². The van der Waals surface area contributed by atoms with Gasteiger partial charge in [-0.1, -0.05) is 264 Å². The van der Waals surface area contributed by atoms with Gasteiger partial charge >= 0.3 is 17.9 Å². The Hall–Kier alpha value is -1.79. The molecular formula is C56H106O11. The van der Waals surface area contributed by atoms with Crippen LogP contribution in [-0.4, -0.2) is 88.4 Å². The van der Waals surface area contributed by atoms with Crippen LogP contribution in [0.3, 0.4) is 0 Å². The summed E-state index contributed by atoms with van der Waals surface area (Å²) in [6, 6.07) is 0. The molecule has 11 heteroatoms.